The standard InChI is InChI=1S/C26H18BrN3O6/c27-21-8-4-20-14-23(11-7-19(20)13-21)35-16-25(31)29-28-15-17-2-1-3-24(12-17)36-26(32)18-5-9-22(10-6-18)30(33)34/h1-15H,16H2,(H,29,31). The normalized spacial score (nSPS) is 10.8. The third-order valence-electron chi connectivity index (χ3n) is 4.93. The molecule has 180 valence electrons. The van der Waals surface area contributed by atoms with Crippen molar-refractivity contribution in [2.75, 3.05) is 6.61 Å². The van der Waals surface area contributed by atoms with Gasteiger partial charge in [-0.2, -0.15) is 5.10 Å². The van der Waals surface area contributed by atoms with Crippen molar-refractivity contribution in [3.63, 3.8) is 0 Å². The zero-order chi connectivity index (χ0) is 25.5. The number of halogens is 1. The van der Waals surface area contributed by atoms with Crippen LogP contribution in [0.4, 0.5) is 5.69 Å². The number of carbonyl (C=O) groups is 2. The molecule has 9 nitrogen and oxygen atoms in total. The van der Waals surface area contributed by atoms with E-state index in [1.54, 1.807) is 30.3 Å². The summed E-state index contributed by atoms with van der Waals surface area (Å²) in [6, 6.07) is 23.0. The molecule has 36 heavy (non-hydrogen) atoms. The van der Waals surface area contributed by atoms with Crippen molar-refractivity contribution in [1.29, 1.82) is 0 Å². The van der Waals surface area contributed by atoms with Crippen LogP contribution in [0.3, 0.4) is 0 Å². The Balaban J connectivity index is 1.29. The third kappa shape index (κ3) is 6.51. The highest BCUT2D eigenvalue weighted by Crippen LogP contribution is 2.24. The first-order valence-corrected chi connectivity index (χ1v) is 11.4. The Morgan fingerprint density at radius 3 is 2.47 bits per heavy atom. The Morgan fingerprint density at radius 2 is 1.69 bits per heavy atom. The minimum absolute atomic E-state index is 0.122. The molecule has 1 amide bonds. The highest BCUT2D eigenvalue weighted by Gasteiger charge is 2.12. The number of nitrogens with one attached hydrogen (secondary N) is 1. The van der Waals surface area contributed by atoms with Crippen LogP contribution in [-0.4, -0.2) is 29.6 Å². The van der Waals surface area contributed by atoms with E-state index in [9.17, 15) is 19.7 Å². The maximum absolute atomic E-state index is 12.3. The van der Waals surface area contributed by atoms with E-state index in [0.717, 1.165) is 15.2 Å². The molecule has 0 spiro atoms. The molecule has 4 rings (SSSR count). The van der Waals surface area contributed by atoms with Crippen molar-refractivity contribution in [2.24, 2.45) is 5.10 Å². The second kappa shape index (κ2) is 11.2. The lowest BCUT2D eigenvalue weighted by molar-refractivity contribution is -0.384. The smallest absolute Gasteiger partial charge is 0.343 e. The Labute approximate surface area is 213 Å². The molecule has 0 aliphatic carbocycles. The minimum atomic E-state index is -0.661. The van der Waals surface area contributed by atoms with Gasteiger partial charge in [-0.3, -0.25) is 14.9 Å². The number of non-ortho nitro benzene ring substituents is 1. The van der Waals surface area contributed by atoms with E-state index in [0.29, 0.717) is 11.3 Å². The van der Waals surface area contributed by atoms with Crippen LogP contribution in [0.1, 0.15) is 15.9 Å². The van der Waals surface area contributed by atoms with Gasteiger partial charge in [0.2, 0.25) is 0 Å². The van der Waals surface area contributed by atoms with Gasteiger partial charge in [0.25, 0.3) is 11.6 Å². The summed E-state index contributed by atoms with van der Waals surface area (Å²) in [6.45, 7) is -0.216. The predicted octanol–water partition coefficient (Wildman–Crippen LogP) is 5.26. The molecule has 0 saturated heterocycles. The Hall–Kier alpha value is -4.57. The van der Waals surface area contributed by atoms with E-state index in [4.69, 9.17) is 9.47 Å². The number of esters is 1. The van der Waals surface area contributed by atoms with Gasteiger partial charge in [0.1, 0.15) is 11.5 Å². The van der Waals surface area contributed by atoms with Gasteiger partial charge in [-0.15, -0.1) is 0 Å². The summed E-state index contributed by atoms with van der Waals surface area (Å²) < 4.78 is 11.8. The number of rotatable bonds is 8. The van der Waals surface area contributed by atoms with Crippen LogP contribution in [0.15, 0.2) is 94.5 Å². The van der Waals surface area contributed by atoms with Crippen LogP contribution >= 0.6 is 15.9 Å². The number of ether oxygens (including phenoxy) is 2. The van der Waals surface area contributed by atoms with E-state index in [-0.39, 0.29) is 23.6 Å². The summed E-state index contributed by atoms with van der Waals surface area (Å²) in [5.74, 6) is -0.291. The first kappa shape index (κ1) is 24.6. The SMILES string of the molecule is O=C(COc1ccc2cc(Br)ccc2c1)NN=Cc1cccc(OC(=O)c2ccc([N+](=O)[O-])cc2)c1. The Bertz CT molecular complexity index is 1470. The first-order chi connectivity index (χ1) is 17.4. The van der Waals surface area contributed by atoms with Crippen LogP contribution in [0.25, 0.3) is 10.8 Å². The fourth-order valence-corrected chi connectivity index (χ4v) is 3.57. The van der Waals surface area contributed by atoms with Gasteiger partial charge >= 0.3 is 5.97 Å². The summed E-state index contributed by atoms with van der Waals surface area (Å²) in [5, 5.41) is 16.7. The van der Waals surface area contributed by atoms with Gasteiger partial charge < -0.3 is 9.47 Å². The lowest BCUT2D eigenvalue weighted by Crippen LogP contribution is -2.24. The number of nitro groups is 1. The Morgan fingerprint density at radius 1 is 0.944 bits per heavy atom. The van der Waals surface area contributed by atoms with Crippen molar-refractivity contribution in [1.82, 2.24) is 5.43 Å². The van der Waals surface area contributed by atoms with Gasteiger partial charge in [0, 0.05) is 16.6 Å². The lowest BCUT2D eigenvalue weighted by atomic mass is 10.1. The molecule has 0 bridgehead atoms. The highest BCUT2D eigenvalue weighted by atomic mass is 79.9. The average Bonchev–Trinajstić information content (AvgIpc) is 2.87. The number of nitro benzene ring substituents is 1. The molecule has 0 unspecified atom stereocenters. The molecule has 0 fully saturated rings. The molecule has 0 saturated carbocycles. The average molecular weight is 548 g/mol. The largest absolute Gasteiger partial charge is 0.484 e. The summed E-state index contributed by atoms with van der Waals surface area (Å²) in [7, 11) is 0. The fourth-order valence-electron chi connectivity index (χ4n) is 3.19. The lowest BCUT2D eigenvalue weighted by Gasteiger charge is -2.07. The van der Waals surface area contributed by atoms with Crippen LogP contribution in [-0.2, 0) is 4.79 Å². The quantitative estimate of drug-likeness (QED) is 0.106. The highest BCUT2D eigenvalue weighted by molar-refractivity contribution is 9.10. The maximum atomic E-state index is 12.3. The van der Waals surface area contributed by atoms with Crippen molar-refractivity contribution >= 4 is 50.5 Å². The van der Waals surface area contributed by atoms with E-state index >= 15 is 0 Å². The number of hydrogen-bond donors (Lipinski definition) is 1. The summed E-state index contributed by atoms with van der Waals surface area (Å²) in [5.41, 5.74) is 3.01. The zero-order valence-corrected chi connectivity index (χ0v) is 20.2. The first-order valence-electron chi connectivity index (χ1n) is 10.6. The fraction of sp³-hybridized carbons (Fsp3) is 0.0385. The Kier molecular flexibility index (Phi) is 7.66. The van der Waals surface area contributed by atoms with E-state index in [2.05, 4.69) is 26.5 Å². The molecule has 0 radical (unpaired) electrons. The van der Waals surface area contributed by atoms with Crippen LogP contribution in [0, 0.1) is 10.1 Å². The van der Waals surface area contributed by atoms with Gasteiger partial charge in [-0.05, 0) is 64.9 Å². The van der Waals surface area contributed by atoms with E-state index in [1.165, 1.54) is 30.5 Å². The van der Waals surface area contributed by atoms with Gasteiger partial charge in [0.15, 0.2) is 6.61 Å². The molecular weight excluding hydrogens is 530 g/mol. The van der Waals surface area contributed by atoms with Crippen molar-refractivity contribution in [2.45, 2.75) is 0 Å². The molecule has 10 heteroatoms. The topological polar surface area (TPSA) is 120 Å². The van der Waals surface area contributed by atoms with Crippen molar-refractivity contribution in [3.05, 3.63) is 111 Å². The number of fused-ring (bicyclic) bond motifs is 1. The molecule has 4 aromatic carbocycles. The molecule has 0 atom stereocenters. The zero-order valence-electron chi connectivity index (χ0n) is 18.6. The summed E-state index contributed by atoms with van der Waals surface area (Å²) >= 11 is 3.43. The van der Waals surface area contributed by atoms with Gasteiger partial charge in [-0.1, -0.05) is 40.2 Å². The molecule has 0 aliphatic heterocycles. The number of hydrazone groups is 1. The summed E-state index contributed by atoms with van der Waals surface area (Å²) in [4.78, 5) is 34.6. The number of carbonyl (C=O) groups excluding carboxylic acids is 2. The predicted molar refractivity (Wildman–Crippen MR) is 137 cm³/mol. The van der Waals surface area contributed by atoms with Crippen molar-refractivity contribution < 1.29 is 24.0 Å². The van der Waals surface area contributed by atoms with Gasteiger partial charge in [-0.25, -0.2) is 10.2 Å². The third-order valence-corrected chi connectivity index (χ3v) is 5.42. The number of hydrogen-bond acceptors (Lipinski definition) is 7. The molecule has 0 aliphatic rings. The molecule has 0 heterocycles. The minimum Gasteiger partial charge on any atom is -0.484 e. The number of benzene rings is 4. The van der Waals surface area contributed by atoms with E-state index in [1.807, 2.05) is 30.3 Å². The van der Waals surface area contributed by atoms with Crippen LogP contribution in [0.2, 0.25) is 0 Å². The second-order valence-corrected chi connectivity index (χ2v) is 8.42. The van der Waals surface area contributed by atoms with E-state index < -0.39 is 16.8 Å². The van der Waals surface area contributed by atoms with Crippen LogP contribution < -0.4 is 14.9 Å². The summed E-state index contributed by atoms with van der Waals surface area (Å²) in [6.07, 6.45) is 1.40. The number of nitrogens with zero attached hydrogens (tertiary/aromatic N) is 2. The monoisotopic (exact) mass is 547 g/mol. The van der Waals surface area contributed by atoms with Crippen LogP contribution in [0.5, 0.6) is 11.5 Å². The maximum Gasteiger partial charge on any atom is 0.343 e. The molecule has 0 aromatic heterocycles. The van der Waals surface area contributed by atoms with Gasteiger partial charge in [0.05, 0.1) is 16.7 Å². The van der Waals surface area contributed by atoms with Crippen molar-refractivity contribution in [3.8, 4) is 11.5 Å². The molecule has 1 N–H and O–H groups in total. The molecular formula is C26H18BrN3O6. The second-order valence-electron chi connectivity index (χ2n) is 7.50. The number of amides is 1. The molecule has 4 aromatic rings.